The molecule has 1 aliphatic rings. The molecule has 3 rings (SSSR count). The fraction of sp³-hybridized carbons (Fsp3) is 0.300. The van der Waals surface area contributed by atoms with Gasteiger partial charge < -0.3 is 9.64 Å². The Morgan fingerprint density at radius 3 is 2.56 bits per heavy atom. The monoisotopic (exact) mass is 336 g/mol. The number of benzene rings is 2. The summed E-state index contributed by atoms with van der Waals surface area (Å²) in [4.78, 5) is 29.0. The van der Waals surface area contributed by atoms with Gasteiger partial charge in [0.1, 0.15) is 5.75 Å². The molecule has 1 aliphatic heterocycles. The molecule has 0 aliphatic carbocycles. The largest absolute Gasteiger partial charge is 0.497 e. The first kappa shape index (κ1) is 16.9. The maximum atomic E-state index is 12.8. The standard InChI is InChI=1S/C20H20N2O3/c1-20(2,21-13-23)16-7-6-15-12-22(19(24)18(15)10-16)11-14-4-8-17(25-3)9-5-14/h4-10H,11-12H2,1-3H3. The summed E-state index contributed by atoms with van der Waals surface area (Å²) in [6.07, 6.45) is 1.61. The minimum atomic E-state index is -0.694. The fourth-order valence-electron chi connectivity index (χ4n) is 3.00. The third-order valence-electron chi connectivity index (χ3n) is 4.55. The van der Waals surface area contributed by atoms with E-state index in [1.54, 1.807) is 13.2 Å². The SMILES string of the molecule is COc1ccc(CN2Cc3ccc(C(C)(C)N=C=O)cc3C2=O)cc1. The molecule has 5 nitrogen and oxygen atoms in total. The Balaban J connectivity index is 1.82. The van der Waals surface area contributed by atoms with Gasteiger partial charge in [-0.25, -0.2) is 4.79 Å². The Bertz CT molecular complexity index is 850. The van der Waals surface area contributed by atoms with E-state index < -0.39 is 5.54 Å². The Hall–Kier alpha value is -2.91. The van der Waals surface area contributed by atoms with E-state index >= 15 is 0 Å². The normalized spacial score (nSPS) is 13.4. The molecule has 1 amide bonds. The van der Waals surface area contributed by atoms with Crippen molar-refractivity contribution in [3.05, 3.63) is 64.7 Å². The lowest BCUT2D eigenvalue weighted by Crippen LogP contribution is -2.23. The first-order chi connectivity index (χ1) is 11.9. The van der Waals surface area contributed by atoms with Gasteiger partial charge in [0.2, 0.25) is 6.08 Å². The minimum Gasteiger partial charge on any atom is -0.497 e. The number of carbonyl (C=O) groups is 1. The van der Waals surface area contributed by atoms with Crippen molar-refractivity contribution >= 4 is 12.0 Å². The molecule has 1 heterocycles. The molecule has 0 unspecified atom stereocenters. The minimum absolute atomic E-state index is 0.00134. The number of ether oxygens (including phenoxy) is 1. The highest BCUT2D eigenvalue weighted by molar-refractivity contribution is 5.98. The second-order valence-electron chi connectivity index (χ2n) is 6.64. The average Bonchev–Trinajstić information content (AvgIpc) is 2.91. The predicted octanol–water partition coefficient (Wildman–Crippen LogP) is 3.42. The molecule has 0 bridgehead atoms. The van der Waals surface area contributed by atoms with E-state index in [0.717, 1.165) is 22.4 Å². The topological polar surface area (TPSA) is 59.0 Å². The maximum absolute atomic E-state index is 12.8. The van der Waals surface area contributed by atoms with Crippen LogP contribution in [-0.2, 0) is 23.4 Å². The second-order valence-corrected chi connectivity index (χ2v) is 6.64. The molecule has 0 fully saturated rings. The highest BCUT2D eigenvalue weighted by Crippen LogP contribution is 2.31. The summed E-state index contributed by atoms with van der Waals surface area (Å²) in [5.74, 6) is 0.793. The van der Waals surface area contributed by atoms with E-state index in [1.165, 1.54) is 0 Å². The zero-order valence-electron chi connectivity index (χ0n) is 14.6. The maximum Gasteiger partial charge on any atom is 0.254 e. The van der Waals surface area contributed by atoms with Gasteiger partial charge in [0.15, 0.2) is 0 Å². The smallest absolute Gasteiger partial charge is 0.254 e. The molecular formula is C20H20N2O3. The van der Waals surface area contributed by atoms with Crippen LogP contribution in [0, 0.1) is 0 Å². The Kier molecular flexibility index (Phi) is 4.43. The predicted molar refractivity (Wildman–Crippen MR) is 94.2 cm³/mol. The van der Waals surface area contributed by atoms with Gasteiger partial charge in [-0.2, -0.15) is 4.99 Å². The summed E-state index contributed by atoms with van der Waals surface area (Å²) >= 11 is 0. The van der Waals surface area contributed by atoms with E-state index in [2.05, 4.69) is 4.99 Å². The van der Waals surface area contributed by atoms with Crippen molar-refractivity contribution in [1.82, 2.24) is 4.90 Å². The Morgan fingerprint density at radius 2 is 1.92 bits per heavy atom. The zero-order chi connectivity index (χ0) is 18.0. The van der Waals surface area contributed by atoms with Gasteiger partial charge in [-0.3, -0.25) is 4.79 Å². The van der Waals surface area contributed by atoms with Crippen molar-refractivity contribution in [3.8, 4) is 5.75 Å². The van der Waals surface area contributed by atoms with Crippen molar-refractivity contribution in [2.24, 2.45) is 4.99 Å². The first-order valence-electron chi connectivity index (χ1n) is 8.09. The molecule has 0 saturated heterocycles. The van der Waals surface area contributed by atoms with Crippen LogP contribution in [0.2, 0.25) is 0 Å². The number of fused-ring (bicyclic) bond motifs is 1. The summed E-state index contributed by atoms with van der Waals surface area (Å²) in [6, 6.07) is 13.4. The Morgan fingerprint density at radius 1 is 1.20 bits per heavy atom. The number of nitrogens with zero attached hydrogens (tertiary/aromatic N) is 2. The third kappa shape index (κ3) is 3.32. The molecule has 0 saturated carbocycles. The molecule has 5 heteroatoms. The van der Waals surface area contributed by atoms with Gasteiger partial charge in [0, 0.05) is 18.7 Å². The summed E-state index contributed by atoms with van der Waals surface area (Å²) in [5.41, 5.74) is 2.86. The van der Waals surface area contributed by atoms with E-state index in [1.807, 2.05) is 61.2 Å². The molecule has 0 radical (unpaired) electrons. The van der Waals surface area contributed by atoms with E-state index in [9.17, 15) is 9.59 Å². The quantitative estimate of drug-likeness (QED) is 0.621. The fourth-order valence-corrected chi connectivity index (χ4v) is 3.00. The van der Waals surface area contributed by atoms with Gasteiger partial charge in [-0.15, -0.1) is 0 Å². The second kappa shape index (κ2) is 6.54. The highest BCUT2D eigenvalue weighted by Gasteiger charge is 2.30. The van der Waals surface area contributed by atoms with Crippen molar-refractivity contribution in [2.75, 3.05) is 7.11 Å². The van der Waals surface area contributed by atoms with Crippen LogP contribution in [0.15, 0.2) is 47.5 Å². The molecule has 0 atom stereocenters. The molecular weight excluding hydrogens is 316 g/mol. The molecule has 25 heavy (non-hydrogen) atoms. The summed E-state index contributed by atoms with van der Waals surface area (Å²) in [7, 11) is 1.63. The van der Waals surface area contributed by atoms with Crippen molar-refractivity contribution in [3.63, 3.8) is 0 Å². The number of methoxy groups -OCH3 is 1. The lowest BCUT2D eigenvalue weighted by molar-refractivity contribution is 0.0766. The lowest BCUT2D eigenvalue weighted by Gasteiger charge is -2.18. The van der Waals surface area contributed by atoms with Crippen LogP contribution in [-0.4, -0.2) is 24.0 Å². The van der Waals surface area contributed by atoms with Crippen LogP contribution >= 0.6 is 0 Å². The molecule has 0 aromatic heterocycles. The number of rotatable bonds is 5. The van der Waals surface area contributed by atoms with Gasteiger partial charge in [0.25, 0.3) is 5.91 Å². The van der Waals surface area contributed by atoms with Crippen molar-refractivity contribution in [2.45, 2.75) is 32.5 Å². The summed E-state index contributed by atoms with van der Waals surface area (Å²) in [5, 5.41) is 0. The molecule has 128 valence electrons. The number of hydrogen-bond acceptors (Lipinski definition) is 4. The number of aliphatic imine (C=N–C) groups is 1. The number of isocyanates is 1. The molecule has 0 N–H and O–H groups in total. The zero-order valence-corrected chi connectivity index (χ0v) is 14.6. The van der Waals surface area contributed by atoms with Gasteiger partial charge in [0.05, 0.1) is 12.6 Å². The van der Waals surface area contributed by atoms with Crippen LogP contribution in [0.3, 0.4) is 0 Å². The van der Waals surface area contributed by atoms with Gasteiger partial charge in [-0.1, -0.05) is 24.3 Å². The van der Waals surface area contributed by atoms with Crippen LogP contribution in [0.1, 0.15) is 40.9 Å². The Labute approximate surface area is 146 Å². The summed E-state index contributed by atoms with van der Waals surface area (Å²) < 4.78 is 5.16. The van der Waals surface area contributed by atoms with E-state index in [4.69, 9.17) is 4.74 Å². The van der Waals surface area contributed by atoms with Gasteiger partial charge >= 0.3 is 0 Å². The number of amides is 1. The van der Waals surface area contributed by atoms with Crippen molar-refractivity contribution < 1.29 is 14.3 Å². The van der Waals surface area contributed by atoms with Crippen LogP contribution < -0.4 is 4.74 Å². The molecule has 0 spiro atoms. The van der Waals surface area contributed by atoms with Crippen LogP contribution in [0.4, 0.5) is 0 Å². The highest BCUT2D eigenvalue weighted by atomic mass is 16.5. The van der Waals surface area contributed by atoms with Crippen LogP contribution in [0.25, 0.3) is 0 Å². The molecule has 2 aromatic carbocycles. The van der Waals surface area contributed by atoms with Crippen molar-refractivity contribution in [1.29, 1.82) is 0 Å². The van der Waals surface area contributed by atoms with Crippen LogP contribution in [0.5, 0.6) is 5.75 Å². The summed E-state index contributed by atoms with van der Waals surface area (Å²) in [6.45, 7) is 4.78. The van der Waals surface area contributed by atoms with E-state index in [-0.39, 0.29) is 5.91 Å². The van der Waals surface area contributed by atoms with Gasteiger partial charge in [-0.05, 0) is 48.7 Å². The number of hydrogen-bond donors (Lipinski definition) is 0. The number of carbonyl (C=O) groups excluding carboxylic acids is 2. The third-order valence-corrected chi connectivity index (χ3v) is 4.55. The lowest BCUT2D eigenvalue weighted by atomic mass is 9.92. The van der Waals surface area contributed by atoms with E-state index in [0.29, 0.717) is 18.7 Å². The first-order valence-corrected chi connectivity index (χ1v) is 8.09. The average molecular weight is 336 g/mol. The molecule has 2 aromatic rings.